The summed E-state index contributed by atoms with van der Waals surface area (Å²) in [5.41, 5.74) is 7.99. The van der Waals surface area contributed by atoms with E-state index in [4.69, 9.17) is 0 Å². The van der Waals surface area contributed by atoms with Gasteiger partial charge in [0.05, 0.1) is 4.58 Å². The molecular formula is C20H22S2. The third-order valence-corrected chi connectivity index (χ3v) is 7.80. The Kier molecular flexibility index (Phi) is 4.49. The smallest absolute Gasteiger partial charge is 0.0754 e. The third-order valence-electron chi connectivity index (χ3n) is 4.82. The van der Waals surface area contributed by atoms with Gasteiger partial charge in [-0.2, -0.15) is 0 Å². The van der Waals surface area contributed by atoms with Crippen LogP contribution in [0.15, 0.2) is 42.5 Å². The predicted molar refractivity (Wildman–Crippen MR) is 100.0 cm³/mol. The lowest BCUT2D eigenvalue weighted by Crippen LogP contribution is -2.11. The standard InChI is InChI=1S/C20H22S2/c1-2-6-16-11-12-18-17(10-9-15(16)5-1)7-3-8-19(18)20-21-13-4-14-22-20/h1-3,5-8,20H,4,9-14H2. The summed E-state index contributed by atoms with van der Waals surface area (Å²) in [6.07, 6.45) is 6.16. The number of benzene rings is 2. The summed E-state index contributed by atoms with van der Waals surface area (Å²) in [5.74, 6) is 2.65. The van der Waals surface area contributed by atoms with Crippen molar-refractivity contribution < 1.29 is 0 Å². The highest BCUT2D eigenvalue weighted by Gasteiger charge is 2.22. The number of fused-ring (bicyclic) bond motifs is 2. The van der Waals surface area contributed by atoms with E-state index in [0.717, 1.165) is 0 Å². The molecule has 2 aliphatic rings. The second-order valence-electron chi connectivity index (χ2n) is 6.18. The van der Waals surface area contributed by atoms with Crippen molar-refractivity contribution in [3.63, 3.8) is 0 Å². The normalized spacial score (nSPS) is 18.9. The van der Waals surface area contributed by atoms with Crippen molar-refractivity contribution in [3.8, 4) is 0 Å². The molecule has 0 nitrogen and oxygen atoms in total. The summed E-state index contributed by atoms with van der Waals surface area (Å²) >= 11 is 4.30. The second-order valence-corrected chi connectivity index (χ2v) is 8.91. The van der Waals surface area contributed by atoms with Gasteiger partial charge in [0.15, 0.2) is 0 Å². The van der Waals surface area contributed by atoms with Gasteiger partial charge in [-0.15, -0.1) is 23.5 Å². The maximum atomic E-state index is 2.39. The quantitative estimate of drug-likeness (QED) is 0.684. The highest BCUT2D eigenvalue weighted by atomic mass is 32.2. The molecule has 1 fully saturated rings. The molecule has 0 bridgehead atoms. The van der Waals surface area contributed by atoms with Gasteiger partial charge in [-0.3, -0.25) is 0 Å². The Balaban J connectivity index is 1.67. The van der Waals surface area contributed by atoms with Crippen LogP contribution in [0, 0.1) is 0 Å². The van der Waals surface area contributed by atoms with Crippen molar-refractivity contribution in [2.24, 2.45) is 0 Å². The van der Waals surface area contributed by atoms with E-state index in [2.05, 4.69) is 66.0 Å². The van der Waals surface area contributed by atoms with Gasteiger partial charge in [0, 0.05) is 0 Å². The van der Waals surface area contributed by atoms with Gasteiger partial charge in [0.25, 0.3) is 0 Å². The zero-order valence-corrected chi connectivity index (χ0v) is 14.5. The molecule has 4 rings (SSSR count). The van der Waals surface area contributed by atoms with Crippen molar-refractivity contribution in [3.05, 3.63) is 70.3 Å². The van der Waals surface area contributed by atoms with E-state index in [-0.39, 0.29) is 0 Å². The second kappa shape index (κ2) is 6.72. The molecule has 0 radical (unpaired) electrons. The maximum absolute atomic E-state index is 2.39. The summed E-state index contributed by atoms with van der Waals surface area (Å²) < 4.78 is 0.665. The fourth-order valence-corrected chi connectivity index (χ4v) is 6.65. The van der Waals surface area contributed by atoms with Crippen LogP contribution in [0.1, 0.15) is 38.8 Å². The largest absolute Gasteiger partial charge is 0.143 e. The summed E-state index contributed by atoms with van der Waals surface area (Å²) in [4.78, 5) is 0. The van der Waals surface area contributed by atoms with Crippen LogP contribution in [0.2, 0.25) is 0 Å². The minimum Gasteiger partial charge on any atom is -0.143 e. The molecule has 0 N–H and O–H groups in total. The first kappa shape index (κ1) is 14.7. The fraction of sp³-hybridized carbons (Fsp3) is 0.400. The van der Waals surface area contributed by atoms with Crippen LogP contribution in [0.4, 0.5) is 0 Å². The molecule has 2 heteroatoms. The van der Waals surface area contributed by atoms with Crippen molar-refractivity contribution >= 4 is 23.5 Å². The Morgan fingerprint density at radius 2 is 1.32 bits per heavy atom. The van der Waals surface area contributed by atoms with E-state index in [9.17, 15) is 0 Å². The van der Waals surface area contributed by atoms with Gasteiger partial charge in [-0.05, 0) is 71.4 Å². The molecule has 1 aliphatic carbocycles. The molecule has 0 spiro atoms. The van der Waals surface area contributed by atoms with Gasteiger partial charge >= 0.3 is 0 Å². The molecule has 2 aromatic carbocycles. The number of thioether (sulfide) groups is 2. The van der Waals surface area contributed by atoms with Crippen molar-refractivity contribution in [2.75, 3.05) is 11.5 Å². The fourth-order valence-electron chi connectivity index (χ4n) is 3.66. The first-order chi connectivity index (χ1) is 10.9. The van der Waals surface area contributed by atoms with Crippen molar-refractivity contribution in [2.45, 2.75) is 36.7 Å². The zero-order chi connectivity index (χ0) is 14.8. The number of rotatable bonds is 1. The van der Waals surface area contributed by atoms with Crippen LogP contribution in [0.25, 0.3) is 0 Å². The lowest BCUT2D eigenvalue weighted by molar-refractivity contribution is 0.831. The minimum absolute atomic E-state index is 0.665. The van der Waals surface area contributed by atoms with Gasteiger partial charge in [-0.25, -0.2) is 0 Å². The first-order valence-electron chi connectivity index (χ1n) is 8.32. The van der Waals surface area contributed by atoms with Gasteiger partial charge in [0.2, 0.25) is 0 Å². The number of aryl methyl sites for hydroxylation is 3. The summed E-state index contributed by atoms with van der Waals surface area (Å²) in [7, 11) is 0. The SMILES string of the molecule is c1ccc2c(c1)CCc1cccc(C3SCCCS3)c1CC2. The van der Waals surface area contributed by atoms with Crippen LogP contribution >= 0.6 is 23.5 Å². The van der Waals surface area contributed by atoms with Crippen LogP contribution in [-0.2, 0) is 25.7 Å². The molecular weight excluding hydrogens is 304 g/mol. The van der Waals surface area contributed by atoms with Crippen LogP contribution in [-0.4, -0.2) is 11.5 Å². The zero-order valence-electron chi connectivity index (χ0n) is 12.9. The molecule has 2 aromatic rings. The molecule has 0 aromatic heterocycles. The Hall–Kier alpha value is -0.860. The van der Waals surface area contributed by atoms with Crippen LogP contribution in [0.5, 0.6) is 0 Å². The molecule has 1 heterocycles. The molecule has 0 unspecified atom stereocenters. The van der Waals surface area contributed by atoms with E-state index in [1.807, 2.05) is 0 Å². The van der Waals surface area contributed by atoms with Crippen LogP contribution < -0.4 is 0 Å². The molecule has 1 aliphatic heterocycles. The van der Waals surface area contributed by atoms with Crippen molar-refractivity contribution in [1.82, 2.24) is 0 Å². The lowest BCUT2D eigenvalue weighted by Gasteiger charge is -2.26. The first-order valence-corrected chi connectivity index (χ1v) is 10.4. The van der Waals surface area contributed by atoms with Crippen LogP contribution in [0.3, 0.4) is 0 Å². The van der Waals surface area contributed by atoms with E-state index in [1.54, 1.807) is 27.8 Å². The maximum Gasteiger partial charge on any atom is 0.0754 e. The Morgan fingerprint density at radius 1 is 0.682 bits per heavy atom. The van der Waals surface area contributed by atoms with Gasteiger partial charge in [-0.1, -0.05) is 42.5 Å². The third kappa shape index (κ3) is 2.96. The predicted octanol–water partition coefficient (Wildman–Crippen LogP) is 5.44. The Labute approximate surface area is 142 Å². The topological polar surface area (TPSA) is 0 Å². The lowest BCUT2D eigenvalue weighted by atomic mass is 9.87. The summed E-state index contributed by atoms with van der Waals surface area (Å²) in [5, 5.41) is 0. The molecule has 0 atom stereocenters. The average Bonchev–Trinajstić information content (AvgIpc) is 2.57. The highest BCUT2D eigenvalue weighted by Crippen LogP contribution is 2.45. The minimum atomic E-state index is 0.665. The monoisotopic (exact) mass is 326 g/mol. The highest BCUT2D eigenvalue weighted by molar-refractivity contribution is 8.16. The molecule has 1 saturated heterocycles. The van der Waals surface area contributed by atoms with Gasteiger partial charge < -0.3 is 0 Å². The Morgan fingerprint density at radius 3 is 2.09 bits per heavy atom. The van der Waals surface area contributed by atoms with E-state index in [1.165, 1.54) is 43.6 Å². The summed E-state index contributed by atoms with van der Waals surface area (Å²) in [6.45, 7) is 0. The van der Waals surface area contributed by atoms with E-state index in [0.29, 0.717) is 4.58 Å². The molecule has 0 amide bonds. The van der Waals surface area contributed by atoms with E-state index < -0.39 is 0 Å². The average molecular weight is 327 g/mol. The molecule has 0 saturated carbocycles. The number of hydrogen-bond acceptors (Lipinski definition) is 2. The molecule has 22 heavy (non-hydrogen) atoms. The molecule has 114 valence electrons. The Bertz CT molecular complexity index is 657. The summed E-state index contributed by atoms with van der Waals surface area (Å²) in [6, 6.07) is 16.1. The van der Waals surface area contributed by atoms with Crippen molar-refractivity contribution in [1.29, 1.82) is 0 Å². The van der Waals surface area contributed by atoms with Gasteiger partial charge in [0.1, 0.15) is 0 Å². The van der Waals surface area contributed by atoms with E-state index >= 15 is 0 Å². The number of hydrogen-bond donors (Lipinski definition) is 0.